The average Bonchev–Trinajstić information content (AvgIpc) is 2.78. The van der Waals surface area contributed by atoms with Gasteiger partial charge in [-0.25, -0.2) is 0 Å². The first-order valence-corrected chi connectivity index (χ1v) is 6.32. The Balaban J connectivity index is 2.00. The SMILES string of the molecule is CCC(=O)N1CCN=C1N1CCC(C)CC1. The van der Waals surface area contributed by atoms with Gasteiger partial charge in [-0.3, -0.25) is 14.7 Å². The van der Waals surface area contributed by atoms with Crippen molar-refractivity contribution in [1.82, 2.24) is 9.80 Å². The maximum Gasteiger partial charge on any atom is 0.229 e. The van der Waals surface area contributed by atoms with E-state index in [1.807, 2.05) is 11.8 Å². The van der Waals surface area contributed by atoms with Crippen LogP contribution in [-0.2, 0) is 4.79 Å². The third kappa shape index (κ3) is 2.20. The lowest BCUT2D eigenvalue weighted by Crippen LogP contribution is -2.47. The number of nitrogens with zero attached hydrogens (tertiary/aromatic N) is 3. The fourth-order valence-electron chi connectivity index (χ4n) is 2.34. The molecule has 0 bridgehead atoms. The van der Waals surface area contributed by atoms with Crippen LogP contribution < -0.4 is 0 Å². The van der Waals surface area contributed by atoms with E-state index in [4.69, 9.17) is 0 Å². The summed E-state index contributed by atoms with van der Waals surface area (Å²) in [6.07, 6.45) is 3.00. The summed E-state index contributed by atoms with van der Waals surface area (Å²) >= 11 is 0. The molecule has 0 aliphatic carbocycles. The lowest BCUT2D eigenvalue weighted by atomic mass is 9.99. The van der Waals surface area contributed by atoms with Crippen molar-refractivity contribution < 1.29 is 4.79 Å². The van der Waals surface area contributed by atoms with Crippen LogP contribution in [0.15, 0.2) is 4.99 Å². The second-order valence-electron chi connectivity index (χ2n) is 4.75. The summed E-state index contributed by atoms with van der Waals surface area (Å²) in [5.74, 6) is 1.95. The molecule has 1 amide bonds. The lowest BCUT2D eigenvalue weighted by molar-refractivity contribution is -0.127. The minimum Gasteiger partial charge on any atom is -0.342 e. The van der Waals surface area contributed by atoms with Crippen LogP contribution in [0.25, 0.3) is 0 Å². The Morgan fingerprint density at radius 1 is 1.38 bits per heavy atom. The Labute approximate surface area is 97.3 Å². The van der Waals surface area contributed by atoms with E-state index in [1.54, 1.807) is 0 Å². The molecular formula is C12H21N3O. The highest BCUT2D eigenvalue weighted by molar-refractivity contribution is 5.98. The quantitative estimate of drug-likeness (QED) is 0.672. The molecule has 0 spiro atoms. The summed E-state index contributed by atoms with van der Waals surface area (Å²) in [7, 11) is 0. The summed E-state index contributed by atoms with van der Waals surface area (Å²) in [5.41, 5.74) is 0. The van der Waals surface area contributed by atoms with Crippen molar-refractivity contribution in [3.63, 3.8) is 0 Å². The minimum absolute atomic E-state index is 0.204. The second kappa shape index (κ2) is 4.85. The van der Waals surface area contributed by atoms with Gasteiger partial charge >= 0.3 is 0 Å². The van der Waals surface area contributed by atoms with E-state index in [2.05, 4.69) is 16.8 Å². The Hall–Kier alpha value is -1.06. The minimum atomic E-state index is 0.204. The first-order chi connectivity index (χ1) is 7.72. The van der Waals surface area contributed by atoms with Crippen LogP contribution in [-0.4, -0.2) is 47.8 Å². The van der Waals surface area contributed by atoms with Gasteiger partial charge in [0.2, 0.25) is 11.9 Å². The van der Waals surface area contributed by atoms with Crippen molar-refractivity contribution >= 4 is 11.9 Å². The van der Waals surface area contributed by atoms with Crippen LogP contribution in [0, 0.1) is 5.92 Å². The first-order valence-electron chi connectivity index (χ1n) is 6.32. The van der Waals surface area contributed by atoms with Crippen molar-refractivity contribution in [3.05, 3.63) is 0 Å². The standard InChI is InChI=1S/C12H21N3O/c1-3-11(16)15-9-6-13-12(15)14-7-4-10(2)5-8-14/h10H,3-9H2,1-2H3. The molecule has 0 saturated carbocycles. The molecule has 16 heavy (non-hydrogen) atoms. The van der Waals surface area contributed by atoms with E-state index in [0.717, 1.165) is 38.1 Å². The predicted octanol–water partition coefficient (Wildman–Crippen LogP) is 1.33. The van der Waals surface area contributed by atoms with Crippen LogP contribution in [0.4, 0.5) is 0 Å². The molecule has 0 aromatic carbocycles. The highest BCUT2D eigenvalue weighted by Gasteiger charge is 2.28. The number of aliphatic imine (C=N–C) groups is 1. The first kappa shape index (κ1) is 11.4. The number of carbonyl (C=O) groups excluding carboxylic acids is 1. The van der Waals surface area contributed by atoms with E-state index < -0.39 is 0 Å². The molecule has 0 unspecified atom stereocenters. The zero-order valence-electron chi connectivity index (χ0n) is 10.3. The normalized spacial score (nSPS) is 22.5. The summed E-state index contributed by atoms with van der Waals surface area (Å²) in [6.45, 7) is 7.85. The van der Waals surface area contributed by atoms with E-state index in [0.29, 0.717) is 6.42 Å². The van der Waals surface area contributed by atoms with Crippen molar-refractivity contribution in [2.75, 3.05) is 26.2 Å². The maximum absolute atomic E-state index is 11.7. The van der Waals surface area contributed by atoms with Gasteiger partial charge in [0, 0.05) is 26.1 Å². The molecule has 1 fully saturated rings. The Morgan fingerprint density at radius 3 is 2.69 bits per heavy atom. The molecule has 0 radical (unpaired) electrons. The van der Waals surface area contributed by atoms with Crippen LogP contribution in [0.5, 0.6) is 0 Å². The molecule has 90 valence electrons. The highest BCUT2D eigenvalue weighted by Crippen LogP contribution is 2.19. The van der Waals surface area contributed by atoms with Crippen molar-refractivity contribution in [1.29, 1.82) is 0 Å². The molecule has 2 rings (SSSR count). The third-order valence-corrected chi connectivity index (χ3v) is 3.49. The molecule has 1 saturated heterocycles. The van der Waals surface area contributed by atoms with Crippen LogP contribution >= 0.6 is 0 Å². The summed E-state index contributed by atoms with van der Waals surface area (Å²) in [4.78, 5) is 20.4. The summed E-state index contributed by atoms with van der Waals surface area (Å²) in [5, 5.41) is 0. The zero-order chi connectivity index (χ0) is 11.5. The van der Waals surface area contributed by atoms with Gasteiger partial charge in [0.25, 0.3) is 0 Å². The summed E-state index contributed by atoms with van der Waals surface area (Å²) < 4.78 is 0. The summed E-state index contributed by atoms with van der Waals surface area (Å²) in [6, 6.07) is 0. The van der Waals surface area contributed by atoms with Gasteiger partial charge in [-0.1, -0.05) is 13.8 Å². The fraction of sp³-hybridized carbons (Fsp3) is 0.833. The Bertz CT molecular complexity index is 293. The predicted molar refractivity (Wildman–Crippen MR) is 64.3 cm³/mol. The highest BCUT2D eigenvalue weighted by atomic mass is 16.2. The molecule has 2 aliphatic rings. The van der Waals surface area contributed by atoms with Crippen molar-refractivity contribution in [3.8, 4) is 0 Å². The number of piperidine rings is 1. The Kier molecular flexibility index (Phi) is 3.46. The molecule has 2 aliphatic heterocycles. The number of likely N-dealkylation sites (tertiary alicyclic amines) is 1. The van der Waals surface area contributed by atoms with Gasteiger partial charge in [-0.2, -0.15) is 0 Å². The van der Waals surface area contributed by atoms with E-state index >= 15 is 0 Å². The van der Waals surface area contributed by atoms with Crippen molar-refractivity contribution in [2.45, 2.75) is 33.1 Å². The maximum atomic E-state index is 11.7. The molecule has 4 heteroatoms. The molecule has 0 N–H and O–H groups in total. The topological polar surface area (TPSA) is 35.9 Å². The molecular weight excluding hydrogens is 202 g/mol. The largest absolute Gasteiger partial charge is 0.342 e. The van der Waals surface area contributed by atoms with Gasteiger partial charge in [0.15, 0.2) is 0 Å². The van der Waals surface area contributed by atoms with Crippen LogP contribution in [0.1, 0.15) is 33.1 Å². The van der Waals surface area contributed by atoms with Gasteiger partial charge < -0.3 is 4.90 Å². The van der Waals surface area contributed by atoms with Gasteiger partial charge in [-0.15, -0.1) is 0 Å². The molecule has 0 aromatic heterocycles. The number of hydrogen-bond acceptors (Lipinski definition) is 3. The Morgan fingerprint density at radius 2 is 2.06 bits per heavy atom. The number of rotatable bonds is 1. The molecule has 0 aromatic rings. The van der Waals surface area contributed by atoms with E-state index in [9.17, 15) is 4.79 Å². The van der Waals surface area contributed by atoms with Gasteiger partial charge in [0.05, 0.1) is 6.54 Å². The monoisotopic (exact) mass is 223 g/mol. The van der Waals surface area contributed by atoms with Crippen LogP contribution in [0.3, 0.4) is 0 Å². The van der Waals surface area contributed by atoms with E-state index in [-0.39, 0.29) is 5.91 Å². The van der Waals surface area contributed by atoms with E-state index in [1.165, 1.54) is 12.8 Å². The smallest absolute Gasteiger partial charge is 0.229 e. The zero-order valence-corrected chi connectivity index (χ0v) is 10.3. The molecule has 0 atom stereocenters. The molecule has 2 heterocycles. The van der Waals surface area contributed by atoms with Gasteiger partial charge in [-0.05, 0) is 18.8 Å². The number of hydrogen-bond donors (Lipinski definition) is 0. The second-order valence-corrected chi connectivity index (χ2v) is 4.75. The lowest BCUT2D eigenvalue weighted by Gasteiger charge is -2.34. The number of amides is 1. The van der Waals surface area contributed by atoms with Gasteiger partial charge in [0.1, 0.15) is 0 Å². The average molecular weight is 223 g/mol. The third-order valence-electron chi connectivity index (χ3n) is 3.49. The van der Waals surface area contributed by atoms with Crippen LogP contribution in [0.2, 0.25) is 0 Å². The number of carbonyl (C=O) groups is 1. The fourth-order valence-corrected chi connectivity index (χ4v) is 2.34. The molecule has 4 nitrogen and oxygen atoms in total. The van der Waals surface area contributed by atoms with Crippen molar-refractivity contribution in [2.24, 2.45) is 10.9 Å². The number of guanidine groups is 1.